The monoisotopic (exact) mass is 501 g/mol. The first-order valence-corrected chi connectivity index (χ1v) is 14.5. The summed E-state index contributed by atoms with van der Waals surface area (Å²) in [4.78, 5) is 29.5. The van der Waals surface area contributed by atoms with Gasteiger partial charge in [-0.05, 0) is 106 Å². The summed E-state index contributed by atoms with van der Waals surface area (Å²) in [5.74, 6) is 2.25. The molecule has 192 valence electrons. The van der Waals surface area contributed by atoms with Crippen LogP contribution < -0.4 is 10.6 Å². The van der Waals surface area contributed by atoms with Gasteiger partial charge >= 0.3 is 5.97 Å². The summed E-state index contributed by atoms with van der Waals surface area (Å²) < 4.78 is 0. The van der Waals surface area contributed by atoms with Crippen molar-refractivity contribution in [1.29, 1.82) is 0 Å². The Hall–Kier alpha value is -1.80. The number of anilines is 1. The topological polar surface area (TPSA) is 112 Å². The number of fused-ring (bicyclic) bond motifs is 2. The number of carboxylic acid groups (broad SMARTS) is 1. The molecule has 1 amide bonds. The molecule has 3 unspecified atom stereocenters. The number of thioether (sulfide) groups is 1. The average Bonchev–Trinajstić information content (AvgIpc) is 3.00. The Morgan fingerprint density at radius 2 is 1.80 bits per heavy atom. The number of aliphatic carboxylic acids is 1. The molecule has 0 aromatic carbocycles. The van der Waals surface area contributed by atoms with Gasteiger partial charge in [-0.1, -0.05) is 6.92 Å². The van der Waals surface area contributed by atoms with E-state index in [0.717, 1.165) is 74.4 Å². The Kier molecular flexibility index (Phi) is 7.31. The number of nitrogens with zero attached hydrogens (tertiary/aromatic N) is 1. The second kappa shape index (κ2) is 10.3. The number of aromatic nitrogens is 1. The molecule has 4 N–H and O–H groups in total. The van der Waals surface area contributed by atoms with Crippen LogP contribution in [0.15, 0.2) is 17.2 Å². The van der Waals surface area contributed by atoms with Crippen LogP contribution in [0.5, 0.6) is 0 Å². The molecule has 1 aromatic rings. The van der Waals surface area contributed by atoms with E-state index >= 15 is 0 Å². The van der Waals surface area contributed by atoms with Crippen molar-refractivity contribution in [3.05, 3.63) is 17.7 Å². The number of hydrogen-bond acceptors (Lipinski definition) is 6. The number of carboxylic acids is 1. The molecule has 4 saturated carbocycles. The van der Waals surface area contributed by atoms with Gasteiger partial charge in [-0.25, -0.2) is 4.98 Å². The molecule has 0 saturated heterocycles. The lowest BCUT2D eigenvalue weighted by atomic mass is 9.75. The van der Waals surface area contributed by atoms with E-state index in [1.54, 1.807) is 11.8 Å². The minimum atomic E-state index is -0.696. The number of rotatable bonds is 8. The van der Waals surface area contributed by atoms with Crippen molar-refractivity contribution in [3.8, 4) is 0 Å². The van der Waals surface area contributed by atoms with E-state index in [4.69, 9.17) is 4.98 Å². The van der Waals surface area contributed by atoms with Crippen LogP contribution in [0.1, 0.15) is 87.9 Å². The van der Waals surface area contributed by atoms with Gasteiger partial charge in [-0.15, -0.1) is 11.8 Å². The summed E-state index contributed by atoms with van der Waals surface area (Å²) in [5.41, 5.74) is 0.117. The van der Waals surface area contributed by atoms with Gasteiger partial charge in [0.05, 0.1) is 17.1 Å². The summed E-state index contributed by atoms with van der Waals surface area (Å²) in [7, 11) is 0. The van der Waals surface area contributed by atoms with E-state index in [1.807, 2.05) is 12.1 Å². The predicted octanol–water partition coefficient (Wildman–Crippen LogP) is 4.70. The van der Waals surface area contributed by atoms with E-state index < -0.39 is 11.6 Å². The second-order valence-electron chi connectivity index (χ2n) is 11.4. The molecule has 4 aliphatic rings. The van der Waals surface area contributed by atoms with Crippen molar-refractivity contribution in [2.75, 3.05) is 11.1 Å². The lowest BCUT2D eigenvalue weighted by molar-refractivity contribution is -0.142. The molecule has 3 bridgehead atoms. The van der Waals surface area contributed by atoms with Crippen LogP contribution in [0.4, 0.5) is 5.82 Å². The van der Waals surface area contributed by atoms with Crippen LogP contribution in [0.2, 0.25) is 0 Å². The van der Waals surface area contributed by atoms with E-state index in [0.29, 0.717) is 36.2 Å². The van der Waals surface area contributed by atoms with E-state index in [2.05, 4.69) is 17.6 Å². The van der Waals surface area contributed by atoms with Crippen LogP contribution in [0, 0.1) is 23.7 Å². The molecule has 5 rings (SSSR count). The lowest BCUT2D eigenvalue weighted by Gasteiger charge is -2.38. The van der Waals surface area contributed by atoms with Crippen molar-refractivity contribution >= 4 is 29.5 Å². The third kappa shape index (κ3) is 5.48. The van der Waals surface area contributed by atoms with Crippen molar-refractivity contribution in [1.82, 2.24) is 10.3 Å². The highest BCUT2D eigenvalue weighted by Crippen LogP contribution is 2.55. The van der Waals surface area contributed by atoms with Crippen LogP contribution >= 0.6 is 11.8 Å². The third-order valence-corrected chi connectivity index (χ3v) is 10.1. The number of carbonyl (C=O) groups is 2. The molecule has 0 aliphatic heterocycles. The standard InChI is InChI=1S/C27H39N3O4S/c1-2-11-35-25-21(8-10-23(30-25)28-20-6-3-16(4-7-20)26(32)33)24(31)29-22-9-5-17-13-27(34)14-18(17)12-19(22)15-27/h8,10,16-20,22,34H,2-7,9,11-15H2,1H3,(H,28,30)(H,29,31)(H,32,33)/t16?,17?,18?,19?,20?,22-,27-/m1/s1. The van der Waals surface area contributed by atoms with Crippen molar-refractivity contribution in [3.63, 3.8) is 0 Å². The van der Waals surface area contributed by atoms with Gasteiger partial charge < -0.3 is 20.8 Å². The predicted molar refractivity (Wildman–Crippen MR) is 137 cm³/mol. The van der Waals surface area contributed by atoms with Gasteiger partial charge in [0, 0.05) is 12.1 Å². The Bertz CT molecular complexity index is 950. The second-order valence-corrected chi connectivity index (χ2v) is 12.5. The Morgan fingerprint density at radius 1 is 1.06 bits per heavy atom. The maximum atomic E-state index is 13.4. The molecule has 0 spiro atoms. The Morgan fingerprint density at radius 3 is 2.54 bits per heavy atom. The molecule has 1 aromatic heterocycles. The minimum Gasteiger partial charge on any atom is -0.481 e. The number of hydrogen-bond donors (Lipinski definition) is 4. The van der Waals surface area contributed by atoms with Gasteiger partial charge in [0.1, 0.15) is 10.8 Å². The van der Waals surface area contributed by atoms with Gasteiger partial charge in [-0.2, -0.15) is 0 Å². The van der Waals surface area contributed by atoms with Gasteiger partial charge in [0.2, 0.25) is 0 Å². The zero-order chi connectivity index (χ0) is 24.6. The fraction of sp³-hybridized carbons (Fsp3) is 0.741. The molecule has 4 aliphatic carbocycles. The first-order chi connectivity index (χ1) is 16.8. The van der Waals surface area contributed by atoms with Crippen LogP contribution in [-0.4, -0.2) is 50.5 Å². The minimum absolute atomic E-state index is 0.0562. The van der Waals surface area contributed by atoms with E-state index in [1.165, 1.54) is 0 Å². The van der Waals surface area contributed by atoms with Gasteiger partial charge in [0.25, 0.3) is 5.91 Å². The summed E-state index contributed by atoms with van der Waals surface area (Å²) in [6.45, 7) is 2.12. The highest BCUT2D eigenvalue weighted by atomic mass is 32.2. The van der Waals surface area contributed by atoms with Crippen LogP contribution in [0.25, 0.3) is 0 Å². The first kappa shape index (κ1) is 24.9. The normalized spacial score (nSPS) is 35.9. The number of nitrogens with one attached hydrogen (secondary N) is 2. The Labute approximate surface area is 212 Å². The highest BCUT2D eigenvalue weighted by Gasteiger charge is 2.53. The molecule has 0 radical (unpaired) electrons. The summed E-state index contributed by atoms with van der Waals surface area (Å²) in [6.07, 6.45) is 9.92. The summed E-state index contributed by atoms with van der Waals surface area (Å²) >= 11 is 1.62. The molecule has 1 heterocycles. The molecule has 8 heteroatoms. The SMILES string of the molecule is CCCSc1nc(NC2CCC(C(=O)O)CC2)ccc1C(=O)N[C@@H]1CCC2C[C@@]3(O)CC2CC1C3. The van der Waals surface area contributed by atoms with Crippen molar-refractivity contribution in [2.45, 2.75) is 100 Å². The molecular weight excluding hydrogens is 462 g/mol. The molecule has 5 atom stereocenters. The molecular formula is C27H39N3O4S. The van der Waals surface area contributed by atoms with Crippen molar-refractivity contribution in [2.24, 2.45) is 23.7 Å². The fourth-order valence-electron chi connectivity index (χ4n) is 7.20. The van der Waals surface area contributed by atoms with Crippen LogP contribution in [-0.2, 0) is 4.79 Å². The van der Waals surface area contributed by atoms with Crippen molar-refractivity contribution < 1.29 is 19.8 Å². The van der Waals surface area contributed by atoms with E-state index in [9.17, 15) is 19.8 Å². The number of pyridine rings is 1. The van der Waals surface area contributed by atoms with Gasteiger partial charge in [0.15, 0.2) is 0 Å². The van der Waals surface area contributed by atoms with E-state index in [-0.39, 0.29) is 23.9 Å². The maximum absolute atomic E-state index is 13.4. The fourth-order valence-corrected chi connectivity index (χ4v) is 8.08. The molecule has 35 heavy (non-hydrogen) atoms. The Balaban J connectivity index is 1.26. The lowest BCUT2D eigenvalue weighted by Crippen LogP contribution is -2.45. The molecule has 4 fully saturated rings. The number of carbonyl (C=O) groups excluding carboxylic acids is 1. The summed E-state index contributed by atoms with van der Waals surface area (Å²) in [6, 6.07) is 4.10. The number of amides is 1. The van der Waals surface area contributed by atoms with Gasteiger partial charge in [-0.3, -0.25) is 9.59 Å². The zero-order valence-electron chi connectivity index (χ0n) is 20.7. The first-order valence-electron chi connectivity index (χ1n) is 13.5. The zero-order valence-corrected chi connectivity index (χ0v) is 21.5. The highest BCUT2D eigenvalue weighted by molar-refractivity contribution is 7.99. The quantitative estimate of drug-likeness (QED) is 0.382. The average molecular weight is 502 g/mol. The smallest absolute Gasteiger partial charge is 0.306 e. The summed E-state index contributed by atoms with van der Waals surface area (Å²) in [5, 5.41) is 27.8. The molecule has 7 nitrogen and oxygen atoms in total. The number of aliphatic hydroxyl groups is 1. The maximum Gasteiger partial charge on any atom is 0.306 e. The third-order valence-electron chi connectivity index (χ3n) is 8.91. The van der Waals surface area contributed by atoms with Crippen LogP contribution in [0.3, 0.4) is 0 Å². The largest absolute Gasteiger partial charge is 0.481 e.